The van der Waals surface area contributed by atoms with Gasteiger partial charge in [-0.25, -0.2) is 4.39 Å². The number of hydrogen-bond donors (Lipinski definition) is 0. The van der Waals surface area contributed by atoms with E-state index in [1.54, 1.807) is 46.3 Å². The lowest BCUT2D eigenvalue weighted by Crippen LogP contribution is -2.30. The third-order valence-corrected chi connectivity index (χ3v) is 4.26. The number of aromatic nitrogens is 2. The molecule has 6 heteroatoms. The van der Waals surface area contributed by atoms with Crippen LogP contribution in [0.2, 0.25) is 0 Å². The summed E-state index contributed by atoms with van der Waals surface area (Å²) in [6.07, 6.45) is 4.23. The molecule has 2 heterocycles. The van der Waals surface area contributed by atoms with Crippen LogP contribution in [-0.4, -0.2) is 15.7 Å². The van der Waals surface area contributed by atoms with Gasteiger partial charge in [0.25, 0.3) is 0 Å². The molecule has 1 aromatic carbocycles. The summed E-state index contributed by atoms with van der Waals surface area (Å²) in [4.78, 5) is 14.4. The Morgan fingerprint density at radius 1 is 1.32 bits per heavy atom. The van der Waals surface area contributed by atoms with Crippen molar-refractivity contribution in [3.05, 3.63) is 71.7 Å². The van der Waals surface area contributed by atoms with Gasteiger partial charge >= 0.3 is 0 Å². The first-order chi connectivity index (χ1) is 12.0. The Labute approximate surface area is 145 Å². The number of carbonyl (C=O) groups is 1. The minimum absolute atomic E-state index is 0.0924. The van der Waals surface area contributed by atoms with Crippen LogP contribution in [-0.2, 0) is 24.8 Å². The molecule has 25 heavy (non-hydrogen) atoms. The van der Waals surface area contributed by atoms with Crippen molar-refractivity contribution in [2.75, 3.05) is 4.90 Å². The minimum atomic E-state index is -0.377. The quantitative estimate of drug-likeness (QED) is 0.688. The average Bonchev–Trinajstić information content (AvgIpc) is 3.22. The molecule has 0 fully saturated rings. The van der Waals surface area contributed by atoms with E-state index in [0.717, 1.165) is 11.3 Å². The normalized spacial score (nSPS) is 10.8. The fraction of sp³-hybridized carbons (Fsp3) is 0.263. The molecule has 0 aliphatic rings. The summed E-state index contributed by atoms with van der Waals surface area (Å²) in [5.41, 5.74) is 2.59. The number of halogens is 1. The van der Waals surface area contributed by atoms with Gasteiger partial charge in [-0.2, -0.15) is 5.10 Å². The lowest BCUT2D eigenvalue weighted by Gasteiger charge is -2.22. The zero-order chi connectivity index (χ0) is 17.8. The van der Waals surface area contributed by atoms with Gasteiger partial charge in [0.1, 0.15) is 11.6 Å². The Kier molecular flexibility index (Phi) is 4.97. The summed E-state index contributed by atoms with van der Waals surface area (Å²) in [7, 11) is 1.87. The Hall–Kier alpha value is -2.89. The fourth-order valence-corrected chi connectivity index (χ4v) is 2.69. The fourth-order valence-electron chi connectivity index (χ4n) is 2.69. The number of anilines is 1. The Bertz CT molecular complexity index is 855. The number of carbonyl (C=O) groups excluding carboxylic acids is 1. The zero-order valence-corrected chi connectivity index (χ0v) is 14.3. The molecule has 0 radical (unpaired) electrons. The lowest BCUT2D eigenvalue weighted by atomic mass is 10.1. The maximum atomic E-state index is 13.6. The maximum Gasteiger partial charge on any atom is 0.227 e. The molecule has 0 spiro atoms. The molecule has 0 aliphatic carbocycles. The zero-order valence-electron chi connectivity index (χ0n) is 14.3. The molecule has 1 amide bonds. The van der Waals surface area contributed by atoms with Gasteiger partial charge in [0.15, 0.2) is 0 Å². The number of rotatable bonds is 6. The van der Waals surface area contributed by atoms with Gasteiger partial charge in [-0.1, -0.05) is 6.07 Å². The number of amides is 1. The van der Waals surface area contributed by atoms with Crippen molar-refractivity contribution in [3.63, 3.8) is 0 Å². The Balaban J connectivity index is 1.78. The molecule has 2 aromatic heterocycles. The number of hydrogen-bond acceptors (Lipinski definition) is 3. The van der Waals surface area contributed by atoms with Gasteiger partial charge in [-0.05, 0) is 49.2 Å². The highest BCUT2D eigenvalue weighted by Crippen LogP contribution is 2.21. The predicted molar refractivity (Wildman–Crippen MR) is 92.6 cm³/mol. The van der Waals surface area contributed by atoms with Gasteiger partial charge in [-0.15, -0.1) is 0 Å². The third-order valence-electron chi connectivity index (χ3n) is 4.26. The molecular weight excluding hydrogens is 321 g/mol. The van der Waals surface area contributed by atoms with Crippen molar-refractivity contribution in [3.8, 4) is 0 Å². The number of furan rings is 1. The number of benzene rings is 1. The average molecular weight is 341 g/mol. The molecule has 0 atom stereocenters. The van der Waals surface area contributed by atoms with Crippen molar-refractivity contribution >= 4 is 11.6 Å². The second-order valence-electron chi connectivity index (χ2n) is 5.92. The van der Waals surface area contributed by atoms with E-state index < -0.39 is 0 Å². The molecule has 130 valence electrons. The first-order valence-electron chi connectivity index (χ1n) is 8.10. The largest absolute Gasteiger partial charge is 0.467 e. The minimum Gasteiger partial charge on any atom is -0.467 e. The highest BCUT2D eigenvalue weighted by molar-refractivity contribution is 5.93. The molecule has 0 unspecified atom stereocenters. The summed E-state index contributed by atoms with van der Waals surface area (Å²) in [5, 5.41) is 4.20. The van der Waals surface area contributed by atoms with E-state index in [4.69, 9.17) is 4.42 Å². The van der Waals surface area contributed by atoms with E-state index in [9.17, 15) is 9.18 Å². The SMILES string of the molecule is Cc1c(CCC(=O)N(Cc2ccco2)c2cccc(F)c2)cnn1C. The summed E-state index contributed by atoms with van der Waals surface area (Å²) in [6, 6.07) is 9.60. The van der Waals surface area contributed by atoms with Crippen LogP contribution < -0.4 is 4.90 Å². The Morgan fingerprint density at radius 2 is 2.16 bits per heavy atom. The topological polar surface area (TPSA) is 51.3 Å². The van der Waals surface area contributed by atoms with E-state index in [2.05, 4.69) is 5.10 Å². The summed E-state index contributed by atoms with van der Waals surface area (Å²) in [6.45, 7) is 2.24. The van der Waals surface area contributed by atoms with Crippen molar-refractivity contribution in [2.24, 2.45) is 7.05 Å². The first-order valence-corrected chi connectivity index (χ1v) is 8.10. The molecule has 5 nitrogen and oxygen atoms in total. The van der Waals surface area contributed by atoms with Crippen molar-refractivity contribution in [2.45, 2.75) is 26.3 Å². The molecule has 0 saturated carbocycles. The molecule has 0 N–H and O–H groups in total. The van der Waals surface area contributed by atoms with Crippen LogP contribution in [0.1, 0.15) is 23.4 Å². The second kappa shape index (κ2) is 7.34. The molecule has 3 rings (SSSR count). The van der Waals surface area contributed by atoms with E-state index in [1.807, 2.05) is 14.0 Å². The molecule has 0 aliphatic heterocycles. The van der Waals surface area contributed by atoms with Crippen molar-refractivity contribution in [1.29, 1.82) is 0 Å². The Morgan fingerprint density at radius 3 is 2.80 bits per heavy atom. The van der Waals surface area contributed by atoms with Crippen LogP contribution >= 0.6 is 0 Å². The van der Waals surface area contributed by atoms with Gasteiger partial charge in [0.2, 0.25) is 5.91 Å². The van der Waals surface area contributed by atoms with Gasteiger partial charge in [0, 0.05) is 24.8 Å². The molecule has 0 bridgehead atoms. The van der Waals surface area contributed by atoms with Gasteiger partial charge in [0.05, 0.1) is 19.0 Å². The lowest BCUT2D eigenvalue weighted by molar-refractivity contribution is -0.118. The number of nitrogens with zero attached hydrogens (tertiary/aromatic N) is 3. The molecular formula is C19H20FN3O2. The summed E-state index contributed by atoms with van der Waals surface area (Å²) in [5.74, 6) is 0.179. The van der Waals surface area contributed by atoms with E-state index in [1.165, 1.54) is 12.1 Å². The van der Waals surface area contributed by atoms with Crippen LogP contribution in [0.15, 0.2) is 53.3 Å². The number of aryl methyl sites for hydroxylation is 2. The highest BCUT2D eigenvalue weighted by atomic mass is 19.1. The predicted octanol–water partition coefficient (Wildman–Crippen LogP) is 3.63. The van der Waals surface area contributed by atoms with Crippen LogP contribution in [0.5, 0.6) is 0 Å². The highest BCUT2D eigenvalue weighted by Gasteiger charge is 2.18. The van der Waals surface area contributed by atoms with Crippen LogP contribution in [0.25, 0.3) is 0 Å². The van der Waals surface area contributed by atoms with Crippen LogP contribution in [0.4, 0.5) is 10.1 Å². The monoisotopic (exact) mass is 341 g/mol. The molecule has 0 saturated heterocycles. The maximum absolute atomic E-state index is 13.6. The van der Waals surface area contributed by atoms with Gasteiger partial charge in [-0.3, -0.25) is 9.48 Å². The summed E-state index contributed by atoms with van der Waals surface area (Å²) >= 11 is 0. The smallest absolute Gasteiger partial charge is 0.227 e. The van der Waals surface area contributed by atoms with Crippen molar-refractivity contribution in [1.82, 2.24) is 9.78 Å². The second-order valence-corrected chi connectivity index (χ2v) is 5.92. The van der Waals surface area contributed by atoms with Crippen molar-refractivity contribution < 1.29 is 13.6 Å². The first kappa shape index (κ1) is 17.0. The molecule has 3 aromatic rings. The van der Waals surface area contributed by atoms with Crippen LogP contribution in [0.3, 0.4) is 0 Å². The third kappa shape index (κ3) is 3.96. The van der Waals surface area contributed by atoms with Crippen LogP contribution in [0, 0.1) is 12.7 Å². The van der Waals surface area contributed by atoms with E-state index >= 15 is 0 Å². The standard InChI is InChI=1S/C19H20FN3O2/c1-14-15(12-21-22(14)2)8-9-19(24)23(13-18-7-4-10-25-18)17-6-3-5-16(20)11-17/h3-7,10-12H,8-9,13H2,1-2H3. The summed E-state index contributed by atoms with van der Waals surface area (Å²) < 4.78 is 20.7. The van der Waals surface area contributed by atoms with E-state index in [-0.39, 0.29) is 18.3 Å². The van der Waals surface area contributed by atoms with E-state index in [0.29, 0.717) is 24.3 Å². The van der Waals surface area contributed by atoms with Gasteiger partial charge < -0.3 is 9.32 Å².